The lowest BCUT2D eigenvalue weighted by Crippen LogP contribution is -1.93. The first-order chi connectivity index (χ1) is 23.3. The lowest BCUT2D eigenvalue weighted by Gasteiger charge is -2.20. The molecule has 0 saturated carbocycles. The lowest BCUT2D eigenvalue weighted by atomic mass is 9.82. The van der Waals surface area contributed by atoms with E-state index in [4.69, 9.17) is 4.98 Å². The van der Waals surface area contributed by atoms with E-state index >= 15 is 0 Å². The van der Waals surface area contributed by atoms with Crippen LogP contribution in [0.4, 0.5) is 0 Å². The molecule has 9 aromatic rings. The van der Waals surface area contributed by atoms with E-state index in [0.717, 1.165) is 16.9 Å². The van der Waals surface area contributed by atoms with E-state index in [1.54, 1.807) is 0 Å². The van der Waals surface area contributed by atoms with Gasteiger partial charge in [0.05, 0.1) is 5.69 Å². The summed E-state index contributed by atoms with van der Waals surface area (Å²) in [5, 5.41) is 5.15. The van der Waals surface area contributed by atoms with Crippen molar-refractivity contribution in [3.63, 3.8) is 0 Å². The highest BCUT2D eigenvalue weighted by atomic mass is 15.0. The van der Waals surface area contributed by atoms with Crippen LogP contribution in [0.15, 0.2) is 170 Å². The van der Waals surface area contributed by atoms with E-state index < -0.39 is 0 Å². The zero-order chi connectivity index (χ0) is 30.9. The highest BCUT2D eigenvalue weighted by molar-refractivity contribution is 6.28. The van der Waals surface area contributed by atoms with E-state index in [1.165, 1.54) is 77.2 Å². The summed E-state index contributed by atoms with van der Waals surface area (Å²) in [7, 11) is 0. The normalized spacial score (nSPS) is 11.8. The molecule has 0 aliphatic heterocycles. The van der Waals surface area contributed by atoms with Crippen LogP contribution < -0.4 is 0 Å². The Balaban J connectivity index is 1.27. The molecule has 218 valence electrons. The number of rotatable bonds is 4. The molecular formula is C45H28N2. The largest absolute Gasteiger partial charge is 0.306 e. The van der Waals surface area contributed by atoms with Crippen LogP contribution in [-0.4, -0.2) is 9.38 Å². The number of hydrogen-bond acceptors (Lipinski definition) is 1. The van der Waals surface area contributed by atoms with Crippen molar-refractivity contribution >= 4 is 27.2 Å². The number of imidazole rings is 1. The van der Waals surface area contributed by atoms with Gasteiger partial charge in [0.1, 0.15) is 5.65 Å². The van der Waals surface area contributed by atoms with Crippen LogP contribution in [-0.2, 0) is 0 Å². The van der Waals surface area contributed by atoms with Gasteiger partial charge in [0.2, 0.25) is 0 Å². The molecule has 0 N–H and O–H groups in total. The number of hydrogen-bond donors (Lipinski definition) is 0. The summed E-state index contributed by atoms with van der Waals surface area (Å²) >= 11 is 0. The molecule has 0 atom stereocenters. The Morgan fingerprint density at radius 2 is 0.936 bits per heavy atom. The predicted molar refractivity (Wildman–Crippen MR) is 196 cm³/mol. The van der Waals surface area contributed by atoms with Gasteiger partial charge >= 0.3 is 0 Å². The van der Waals surface area contributed by atoms with Crippen molar-refractivity contribution in [2.24, 2.45) is 0 Å². The maximum Gasteiger partial charge on any atom is 0.137 e. The van der Waals surface area contributed by atoms with E-state index in [0.29, 0.717) is 0 Å². The van der Waals surface area contributed by atoms with E-state index in [9.17, 15) is 0 Å². The number of nitrogens with zero attached hydrogens (tertiary/aromatic N) is 2. The first-order valence-electron chi connectivity index (χ1n) is 16.1. The molecule has 2 heteroatoms. The van der Waals surface area contributed by atoms with Gasteiger partial charge in [0.15, 0.2) is 0 Å². The molecule has 2 nitrogen and oxygen atoms in total. The highest BCUT2D eigenvalue weighted by Crippen LogP contribution is 2.58. The van der Waals surface area contributed by atoms with Gasteiger partial charge in [-0.15, -0.1) is 0 Å². The third-order valence-electron chi connectivity index (χ3n) is 9.75. The number of fused-ring (bicyclic) bond motifs is 5. The zero-order valence-electron chi connectivity index (χ0n) is 25.6. The van der Waals surface area contributed by atoms with Gasteiger partial charge in [0, 0.05) is 18.0 Å². The second-order valence-electron chi connectivity index (χ2n) is 12.3. The summed E-state index contributed by atoms with van der Waals surface area (Å²) in [6.45, 7) is 0. The SMILES string of the molecule is c1ccc(-c2c3c(c(-c4ccccc4)c4ccccc24)-c2ccc(-c4cccc(-c5cn6ccccc6n5)c4)c4cccc-3c24)cc1. The first-order valence-corrected chi connectivity index (χ1v) is 16.1. The molecule has 2 heterocycles. The van der Waals surface area contributed by atoms with Crippen LogP contribution in [0, 0.1) is 0 Å². The average Bonchev–Trinajstić information content (AvgIpc) is 3.72. The van der Waals surface area contributed by atoms with Crippen LogP contribution in [0.2, 0.25) is 0 Å². The summed E-state index contributed by atoms with van der Waals surface area (Å²) in [4.78, 5) is 4.91. The molecule has 1 aliphatic carbocycles. The Kier molecular flexibility index (Phi) is 5.61. The summed E-state index contributed by atoms with van der Waals surface area (Å²) in [6.07, 6.45) is 4.16. The van der Waals surface area contributed by atoms with Gasteiger partial charge in [-0.3, -0.25) is 0 Å². The van der Waals surface area contributed by atoms with E-state index in [1.807, 2.05) is 24.4 Å². The van der Waals surface area contributed by atoms with Gasteiger partial charge in [-0.1, -0.05) is 140 Å². The van der Waals surface area contributed by atoms with E-state index in [-0.39, 0.29) is 0 Å². The fourth-order valence-corrected chi connectivity index (χ4v) is 7.78. The predicted octanol–water partition coefficient (Wildman–Crippen LogP) is 12.0. The molecule has 2 aromatic heterocycles. The first kappa shape index (κ1) is 26.0. The van der Waals surface area contributed by atoms with Gasteiger partial charge in [-0.05, 0) is 95.4 Å². The Hall–Kier alpha value is -6.25. The average molecular weight is 597 g/mol. The molecule has 0 saturated heterocycles. The van der Waals surface area contributed by atoms with Gasteiger partial charge in [0.25, 0.3) is 0 Å². The molecule has 0 unspecified atom stereocenters. The molecule has 0 spiro atoms. The minimum absolute atomic E-state index is 0.951. The molecule has 1 aliphatic rings. The Labute approximate surface area is 272 Å². The summed E-state index contributed by atoms with van der Waals surface area (Å²) in [6, 6.07) is 57.2. The number of pyridine rings is 1. The smallest absolute Gasteiger partial charge is 0.137 e. The second kappa shape index (κ2) is 10.1. The van der Waals surface area contributed by atoms with Crippen LogP contribution in [0.25, 0.3) is 94.1 Å². The van der Waals surface area contributed by atoms with Gasteiger partial charge in [-0.2, -0.15) is 0 Å². The lowest BCUT2D eigenvalue weighted by molar-refractivity contribution is 1.19. The van der Waals surface area contributed by atoms with Crippen molar-refractivity contribution in [3.8, 4) is 66.9 Å². The monoisotopic (exact) mass is 596 g/mol. The van der Waals surface area contributed by atoms with Crippen molar-refractivity contribution < 1.29 is 0 Å². The number of benzene rings is 7. The van der Waals surface area contributed by atoms with Crippen molar-refractivity contribution in [2.75, 3.05) is 0 Å². The molecule has 7 aromatic carbocycles. The molecule has 10 rings (SSSR count). The maximum absolute atomic E-state index is 4.91. The minimum atomic E-state index is 0.951. The third kappa shape index (κ3) is 3.89. The maximum atomic E-state index is 4.91. The Morgan fingerprint density at radius 1 is 0.383 bits per heavy atom. The Morgan fingerprint density at radius 3 is 1.64 bits per heavy atom. The molecule has 0 amide bonds. The molecule has 0 fully saturated rings. The van der Waals surface area contributed by atoms with Crippen molar-refractivity contribution in [2.45, 2.75) is 0 Å². The summed E-state index contributed by atoms with van der Waals surface area (Å²) in [5.41, 5.74) is 15.8. The highest BCUT2D eigenvalue weighted by Gasteiger charge is 2.31. The van der Waals surface area contributed by atoms with Crippen LogP contribution in [0.3, 0.4) is 0 Å². The molecule has 47 heavy (non-hydrogen) atoms. The molecular weight excluding hydrogens is 569 g/mol. The van der Waals surface area contributed by atoms with Crippen LogP contribution in [0.5, 0.6) is 0 Å². The van der Waals surface area contributed by atoms with Gasteiger partial charge < -0.3 is 4.40 Å². The van der Waals surface area contributed by atoms with Crippen LogP contribution in [0.1, 0.15) is 0 Å². The molecule has 0 radical (unpaired) electrons. The molecule has 0 bridgehead atoms. The quantitative estimate of drug-likeness (QED) is 0.198. The summed E-state index contributed by atoms with van der Waals surface area (Å²) < 4.78 is 2.08. The van der Waals surface area contributed by atoms with E-state index in [2.05, 4.69) is 150 Å². The Bertz CT molecular complexity index is 2540. The second-order valence-corrected chi connectivity index (χ2v) is 12.3. The van der Waals surface area contributed by atoms with Crippen LogP contribution >= 0.6 is 0 Å². The topological polar surface area (TPSA) is 17.3 Å². The fourth-order valence-electron chi connectivity index (χ4n) is 7.78. The standard InChI is InChI=1S/C45H28N2/c1-3-13-29(14-4-1)41-35-19-7-8-20-36(35)42(30-15-5-2-6-16-30)45-38-25-24-33(34-21-12-22-37(43(34)38)44(41)45)31-17-11-18-32(27-31)39-28-47-26-10-9-23-40(47)46-39/h1-28H. The van der Waals surface area contributed by atoms with Gasteiger partial charge in [-0.25, -0.2) is 4.98 Å². The fraction of sp³-hybridized carbons (Fsp3) is 0. The third-order valence-corrected chi connectivity index (χ3v) is 9.75. The van der Waals surface area contributed by atoms with Crippen molar-refractivity contribution in [3.05, 3.63) is 170 Å². The minimum Gasteiger partial charge on any atom is -0.306 e. The zero-order valence-corrected chi connectivity index (χ0v) is 25.6. The van der Waals surface area contributed by atoms with Crippen molar-refractivity contribution in [1.29, 1.82) is 0 Å². The van der Waals surface area contributed by atoms with Crippen molar-refractivity contribution in [1.82, 2.24) is 9.38 Å². The number of aromatic nitrogens is 2. The summed E-state index contributed by atoms with van der Waals surface area (Å²) in [5.74, 6) is 0.